The van der Waals surface area contributed by atoms with E-state index >= 15 is 0 Å². The molecule has 4 heterocycles. The summed E-state index contributed by atoms with van der Waals surface area (Å²) in [5.41, 5.74) is 13.3. The van der Waals surface area contributed by atoms with Crippen LogP contribution >= 0.6 is 0 Å². The number of nitrogens with two attached hydrogens (primary N) is 2. The molecule has 0 radical (unpaired) electrons. The van der Waals surface area contributed by atoms with Crippen LogP contribution in [0.4, 0.5) is 0 Å². The summed E-state index contributed by atoms with van der Waals surface area (Å²) in [7, 11) is 0. The van der Waals surface area contributed by atoms with Crippen molar-refractivity contribution in [1.29, 1.82) is 0 Å². The third-order valence-corrected chi connectivity index (χ3v) is 8.24. The van der Waals surface area contributed by atoms with Gasteiger partial charge in [-0.1, -0.05) is 6.07 Å². The highest BCUT2D eigenvalue weighted by Crippen LogP contribution is 2.45. The van der Waals surface area contributed by atoms with Crippen molar-refractivity contribution in [2.75, 3.05) is 13.1 Å². The van der Waals surface area contributed by atoms with Crippen LogP contribution in [0.25, 0.3) is 0 Å². The number of aliphatic imine (C=N–C) groups is 2. The van der Waals surface area contributed by atoms with Crippen molar-refractivity contribution in [3.05, 3.63) is 34.9 Å². The maximum absolute atomic E-state index is 13.2. The lowest BCUT2D eigenvalue weighted by Crippen LogP contribution is -2.78. The minimum atomic E-state index is -2.59. The third kappa shape index (κ3) is 3.40. The molecule has 4 atom stereocenters. The molecule has 13 nitrogen and oxygen atoms in total. The Morgan fingerprint density at radius 3 is 2.51 bits per heavy atom. The van der Waals surface area contributed by atoms with E-state index in [9.17, 15) is 24.6 Å². The fourth-order valence-corrected chi connectivity index (χ4v) is 6.37. The zero-order valence-corrected chi connectivity index (χ0v) is 20.2. The molecule has 0 saturated carbocycles. The Bertz CT molecular complexity index is 1250. The Kier molecular flexibility index (Phi) is 5.21. The Morgan fingerprint density at radius 2 is 1.78 bits per heavy atom. The number of benzene rings is 1. The highest BCUT2D eigenvalue weighted by atomic mass is 16.5. The average molecular weight is 511 g/mol. The number of rotatable bonds is 4. The van der Waals surface area contributed by atoms with Gasteiger partial charge >= 0.3 is 0 Å². The molecule has 1 aliphatic carbocycles. The smallest absolute Gasteiger partial charge is 0.251 e. The SMILES string of the molecule is NC1=N[C@H]2[C@H](CN3C(=O)CCC3=O)N=C(N)N3C[C@H](NC(=O)c4ccc5c(c4)CCCC5)C(O)(O)[C@]23N1. The molecule has 37 heavy (non-hydrogen) atoms. The van der Waals surface area contributed by atoms with E-state index in [1.165, 1.54) is 10.5 Å². The first-order chi connectivity index (χ1) is 17.6. The fourth-order valence-electron chi connectivity index (χ4n) is 6.37. The highest BCUT2D eigenvalue weighted by molar-refractivity contribution is 6.02. The number of nitrogens with zero attached hydrogens (tertiary/aromatic N) is 4. The van der Waals surface area contributed by atoms with Crippen LogP contribution in [0, 0.1) is 0 Å². The van der Waals surface area contributed by atoms with Crippen molar-refractivity contribution >= 4 is 29.6 Å². The number of guanidine groups is 2. The van der Waals surface area contributed by atoms with Gasteiger partial charge in [0.05, 0.1) is 12.6 Å². The molecule has 4 aliphatic heterocycles. The number of hydrogen-bond donors (Lipinski definition) is 6. The van der Waals surface area contributed by atoms with Crippen LogP contribution in [0.1, 0.15) is 47.2 Å². The van der Waals surface area contributed by atoms with E-state index in [-0.39, 0.29) is 49.7 Å². The molecule has 2 saturated heterocycles. The van der Waals surface area contributed by atoms with E-state index in [0.717, 1.165) is 36.1 Å². The van der Waals surface area contributed by atoms with Crippen molar-refractivity contribution in [1.82, 2.24) is 20.4 Å². The molecule has 0 aromatic heterocycles. The zero-order valence-electron chi connectivity index (χ0n) is 20.2. The standard InChI is InChI=1S/C24H30N8O5/c25-21-29-19-15(10-31-17(33)7-8-18(31)34)27-22(26)32-11-16(24(36,37)23(19,32)30-21)28-20(35)14-6-5-12-3-1-2-4-13(12)9-14/h5-6,9,15-16,19,36-37H,1-4,7-8,10-11H2,(H2,26,27)(H,28,35)(H3,25,29,30)/t15-,16-,19-,23-/m0/s1. The van der Waals surface area contributed by atoms with Gasteiger partial charge in [-0.3, -0.25) is 19.3 Å². The lowest BCUT2D eigenvalue weighted by atomic mass is 9.84. The number of carbonyl (C=O) groups is 3. The number of imide groups is 1. The zero-order chi connectivity index (χ0) is 26.1. The first-order valence-electron chi connectivity index (χ1n) is 12.5. The number of amides is 3. The second-order valence-corrected chi connectivity index (χ2v) is 10.4. The molecular weight excluding hydrogens is 480 g/mol. The molecule has 1 aromatic carbocycles. The molecule has 1 spiro atoms. The molecule has 0 bridgehead atoms. The van der Waals surface area contributed by atoms with E-state index < -0.39 is 35.5 Å². The molecule has 3 amide bonds. The number of carbonyl (C=O) groups excluding carboxylic acids is 3. The Balaban J connectivity index is 1.29. The maximum Gasteiger partial charge on any atom is 0.251 e. The van der Waals surface area contributed by atoms with Gasteiger partial charge in [-0.25, -0.2) is 9.98 Å². The topological polar surface area (TPSA) is 199 Å². The number of likely N-dealkylation sites (tertiary alicyclic amines) is 1. The molecule has 196 valence electrons. The molecule has 2 fully saturated rings. The van der Waals surface area contributed by atoms with Gasteiger partial charge in [0.15, 0.2) is 17.6 Å². The number of hydrogen-bond acceptors (Lipinski definition) is 11. The van der Waals surface area contributed by atoms with E-state index in [1.54, 1.807) is 6.07 Å². The third-order valence-electron chi connectivity index (χ3n) is 8.24. The molecule has 13 heteroatoms. The highest BCUT2D eigenvalue weighted by Gasteiger charge is 2.73. The van der Waals surface area contributed by atoms with Crippen LogP contribution in [0.5, 0.6) is 0 Å². The minimum absolute atomic E-state index is 0.0456. The van der Waals surface area contributed by atoms with E-state index in [1.807, 2.05) is 12.1 Å². The van der Waals surface area contributed by atoms with Gasteiger partial charge in [0, 0.05) is 24.9 Å². The van der Waals surface area contributed by atoms with Crippen LogP contribution in [-0.4, -0.2) is 92.3 Å². The van der Waals surface area contributed by atoms with Gasteiger partial charge in [0.1, 0.15) is 12.1 Å². The van der Waals surface area contributed by atoms with Crippen molar-refractivity contribution in [2.24, 2.45) is 21.5 Å². The minimum Gasteiger partial charge on any atom is -0.370 e. The van der Waals surface area contributed by atoms with E-state index in [2.05, 4.69) is 20.6 Å². The van der Waals surface area contributed by atoms with Crippen molar-refractivity contribution < 1.29 is 24.6 Å². The van der Waals surface area contributed by atoms with Crippen molar-refractivity contribution in [3.63, 3.8) is 0 Å². The summed E-state index contributed by atoms with van der Waals surface area (Å²) in [5.74, 6) is -3.83. The summed E-state index contributed by atoms with van der Waals surface area (Å²) in [6.07, 6.45) is 4.29. The number of nitrogens with one attached hydrogen (secondary N) is 2. The van der Waals surface area contributed by atoms with Gasteiger partial charge in [-0.05, 0) is 48.9 Å². The van der Waals surface area contributed by atoms with Crippen LogP contribution < -0.4 is 22.1 Å². The summed E-state index contributed by atoms with van der Waals surface area (Å²) in [6.45, 7) is -0.209. The second-order valence-electron chi connectivity index (χ2n) is 10.4. The second kappa shape index (κ2) is 8.15. The first-order valence-corrected chi connectivity index (χ1v) is 12.5. The van der Waals surface area contributed by atoms with Crippen LogP contribution in [0.15, 0.2) is 28.2 Å². The van der Waals surface area contributed by atoms with Crippen molar-refractivity contribution in [3.8, 4) is 0 Å². The van der Waals surface area contributed by atoms with Gasteiger partial charge in [0.2, 0.25) is 17.6 Å². The normalized spacial score (nSPS) is 31.8. The molecule has 6 rings (SSSR count). The lowest BCUT2D eigenvalue weighted by molar-refractivity contribution is -0.230. The molecule has 8 N–H and O–H groups in total. The van der Waals surface area contributed by atoms with Gasteiger partial charge in [-0.2, -0.15) is 0 Å². The number of aryl methyl sites for hydroxylation is 2. The quantitative estimate of drug-likeness (QED) is 0.187. The first kappa shape index (κ1) is 23.7. The van der Waals surface area contributed by atoms with Gasteiger partial charge < -0.3 is 37.2 Å². The lowest BCUT2D eigenvalue weighted by Gasteiger charge is -2.49. The molecule has 1 aromatic rings. The van der Waals surface area contributed by atoms with Gasteiger partial charge in [-0.15, -0.1) is 0 Å². The monoisotopic (exact) mass is 510 g/mol. The molecular formula is C24H30N8O5. The fraction of sp³-hybridized carbons (Fsp3) is 0.542. The van der Waals surface area contributed by atoms with Crippen LogP contribution in [0.3, 0.4) is 0 Å². The Labute approximate surface area is 212 Å². The predicted octanol–water partition coefficient (Wildman–Crippen LogP) is -2.51. The summed E-state index contributed by atoms with van der Waals surface area (Å²) in [6, 6.07) is 2.49. The van der Waals surface area contributed by atoms with Crippen LogP contribution in [-0.2, 0) is 22.4 Å². The van der Waals surface area contributed by atoms with Gasteiger partial charge in [0.25, 0.3) is 5.91 Å². The number of fused-ring (bicyclic) bond motifs is 1. The number of aliphatic hydroxyl groups is 2. The molecule has 5 aliphatic rings. The largest absolute Gasteiger partial charge is 0.370 e. The summed E-state index contributed by atoms with van der Waals surface area (Å²) in [5, 5.41) is 28.8. The Hall–Kier alpha value is -3.71. The average Bonchev–Trinajstić information content (AvgIpc) is 3.46. The summed E-state index contributed by atoms with van der Waals surface area (Å²) < 4.78 is 0. The summed E-state index contributed by atoms with van der Waals surface area (Å²) in [4.78, 5) is 49.0. The molecule has 0 unspecified atom stereocenters. The Morgan fingerprint density at radius 1 is 1.08 bits per heavy atom. The maximum atomic E-state index is 13.2. The van der Waals surface area contributed by atoms with Crippen molar-refractivity contribution in [2.45, 2.75) is 68.1 Å². The van der Waals surface area contributed by atoms with Crippen LogP contribution in [0.2, 0.25) is 0 Å². The van der Waals surface area contributed by atoms with E-state index in [4.69, 9.17) is 11.5 Å². The predicted molar refractivity (Wildman–Crippen MR) is 131 cm³/mol. The summed E-state index contributed by atoms with van der Waals surface area (Å²) >= 11 is 0. The van der Waals surface area contributed by atoms with E-state index in [0.29, 0.717) is 5.56 Å².